The zero-order valence-corrected chi connectivity index (χ0v) is 23.4. The zero-order chi connectivity index (χ0) is 30.9. The van der Waals surface area contributed by atoms with Crippen LogP contribution >= 0.6 is 0 Å². The molecule has 1 aromatic carbocycles. The van der Waals surface area contributed by atoms with Gasteiger partial charge in [-0.2, -0.15) is 26.3 Å². The standard InChI is InChI=1S/C28H37F6N5O3/c1-21(39(41)42)5-8-23(11-13-27(29,30)31)35-24-12-17-38(20-24)26(40)4-2-14-36-15-3-16-37(19-18-36)25-9-6-22(7-10-25)28(32,33)34/h6-7,9-11,24,35H,1-5,8,12-20H2/b23-11+/t24-/m1/s1. The number of halogens is 6. The molecule has 2 aliphatic heterocycles. The van der Waals surface area contributed by atoms with Crippen molar-refractivity contribution in [1.29, 1.82) is 0 Å². The van der Waals surface area contributed by atoms with Crippen molar-refractivity contribution in [3.05, 3.63) is 64.0 Å². The Kier molecular flexibility index (Phi) is 11.7. The summed E-state index contributed by atoms with van der Waals surface area (Å²) in [7, 11) is 0. The van der Waals surface area contributed by atoms with Gasteiger partial charge in [-0.3, -0.25) is 14.9 Å². The number of nitrogens with zero attached hydrogens (tertiary/aromatic N) is 4. The fourth-order valence-electron chi connectivity index (χ4n) is 5.14. The van der Waals surface area contributed by atoms with Crippen LogP contribution in [0.1, 0.15) is 50.5 Å². The number of amides is 1. The van der Waals surface area contributed by atoms with Crippen LogP contribution in [0.3, 0.4) is 0 Å². The quantitative estimate of drug-likeness (QED) is 0.190. The molecule has 0 aromatic heterocycles. The van der Waals surface area contributed by atoms with E-state index in [9.17, 15) is 41.3 Å². The number of hydrogen-bond acceptors (Lipinski definition) is 6. The summed E-state index contributed by atoms with van der Waals surface area (Å²) in [5.41, 5.74) is 0.0388. The number of carbonyl (C=O) groups excluding carboxylic acids is 1. The summed E-state index contributed by atoms with van der Waals surface area (Å²) >= 11 is 0. The molecule has 8 nitrogen and oxygen atoms in total. The molecule has 2 aliphatic rings. The number of benzene rings is 1. The molecule has 42 heavy (non-hydrogen) atoms. The highest BCUT2D eigenvalue weighted by Gasteiger charge is 2.31. The fraction of sp³-hybridized carbons (Fsp3) is 0.607. The van der Waals surface area contributed by atoms with E-state index in [1.807, 2.05) is 0 Å². The van der Waals surface area contributed by atoms with Crippen LogP contribution in [0.15, 0.2) is 48.3 Å². The topological polar surface area (TPSA) is 82.0 Å². The van der Waals surface area contributed by atoms with Crippen molar-refractivity contribution in [2.75, 3.05) is 50.7 Å². The van der Waals surface area contributed by atoms with Gasteiger partial charge in [0.1, 0.15) is 0 Å². The molecule has 0 saturated carbocycles. The summed E-state index contributed by atoms with van der Waals surface area (Å²) in [6.45, 7) is 7.76. The number of alkyl halides is 6. The largest absolute Gasteiger partial charge is 0.416 e. The van der Waals surface area contributed by atoms with Crippen LogP contribution in [0, 0.1) is 10.1 Å². The Morgan fingerprint density at radius 3 is 2.38 bits per heavy atom. The van der Waals surface area contributed by atoms with E-state index in [1.165, 1.54) is 12.1 Å². The van der Waals surface area contributed by atoms with Crippen molar-refractivity contribution in [3.8, 4) is 0 Å². The van der Waals surface area contributed by atoms with Gasteiger partial charge in [0.05, 0.1) is 16.9 Å². The predicted octanol–water partition coefficient (Wildman–Crippen LogP) is 5.60. The lowest BCUT2D eigenvalue weighted by atomic mass is 10.1. The molecule has 1 atom stereocenters. The Labute approximate surface area is 241 Å². The van der Waals surface area contributed by atoms with E-state index >= 15 is 0 Å². The van der Waals surface area contributed by atoms with E-state index in [0.717, 1.165) is 50.0 Å². The van der Waals surface area contributed by atoms with Gasteiger partial charge >= 0.3 is 12.4 Å². The molecular weight excluding hydrogens is 568 g/mol. The summed E-state index contributed by atoms with van der Waals surface area (Å²) in [5.74, 6) is -0.0388. The maximum absolute atomic E-state index is 12.9. The molecular formula is C28H37F6N5O3. The Morgan fingerprint density at radius 1 is 1.02 bits per heavy atom. The second kappa shape index (κ2) is 14.7. The molecule has 2 heterocycles. The van der Waals surface area contributed by atoms with Gasteiger partial charge in [0, 0.05) is 63.0 Å². The van der Waals surface area contributed by atoms with Gasteiger partial charge in [0.2, 0.25) is 11.6 Å². The van der Waals surface area contributed by atoms with Crippen molar-refractivity contribution >= 4 is 11.6 Å². The second-order valence-corrected chi connectivity index (χ2v) is 10.7. The Morgan fingerprint density at radius 2 is 1.74 bits per heavy atom. The maximum Gasteiger partial charge on any atom is 0.416 e. The highest BCUT2D eigenvalue weighted by molar-refractivity contribution is 5.76. The summed E-state index contributed by atoms with van der Waals surface area (Å²) < 4.78 is 76.8. The molecule has 0 radical (unpaired) electrons. The minimum Gasteiger partial charge on any atom is -0.384 e. The van der Waals surface area contributed by atoms with Crippen molar-refractivity contribution in [2.45, 2.75) is 63.3 Å². The molecule has 2 fully saturated rings. The number of hydrogen-bond donors (Lipinski definition) is 1. The number of anilines is 1. The first-order chi connectivity index (χ1) is 19.7. The highest BCUT2D eigenvalue weighted by Crippen LogP contribution is 2.31. The van der Waals surface area contributed by atoms with Gasteiger partial charge in [0.25, 0.3) is 0 Å². The van der Waals surface area contributed by atoms with E-state index in [0.29, 0.717) is 45.4 Å². The highest BCUT2D eigenvalue weighted by atomic mass is 19.4. The van der Waals surface area contributed by atoms with Crippen molar-refractivity contribution in [2.24, 2.45) is 0 Å². The fourth-order valence-corrected chi connectivity index (χ4v) is 5.14. The SMILES string of the molecule is C=C(CC/C(=C\CC(F)(F)F)N[C@@H]1CCN(C(=O)CCCN2CCCN(c3ccc(C(F)(F)F)cc3)CC2)C1)[N+](=O)[O-]. The molecule has 234 valence electrons. The molecule has 0 unspecified atom stereocenters. The third kappa shape index (κ3) is 10.8. The molecule has 1 N–H and O–H groups in total. The van der Waals surface area contributed by atoms with Crippen LogP contribution in [0.2, 0.25) is 0 Å². The first kappa shape index (κ1) is 33.2. The normalized spacial score (nSPS) is 19.1. The Bertz CT molecular complexity index is 1110. The summed E-state index contributed by atoms with van der Waals surface area (Å²) in [4.78, 5) is 29.0. The van der Waals surface area contributed by atoms with E-state index in [4.69, 9.17) is 0 Å². The van der Waals surface area contributed by atoms with Crippen molar-refractivity contribution in [3.63, 3.8) is 0 Å². The smallest absolute Gasteiger partial charge is 0.384 e. The van der Waals surface area contributed by atoms with Crippen LogP contribution in [0.5, 0.6) is 0 Å². The lowest BCUT2D eigenvalue weighted by Gasteiger charge is -2.24. The van der Waals surface area contributed by atoms with Gasteiger partial charge < -0.3 is 20.0 Å². The molecule has 0 aliphatic carbocycles. The first-order valence-corrected chi connectivity index (χ1v) is 14.0. The van der Waals surface area contributed by atoms with Crippen LogP contribution in [0.25, 0.3) is 0 Å². The van der Waals surface area contributed by atoms with Gasteiger partial charge in [-0.05, 0) is 69.6 Å². The van der Waals surface area contributed by atoms with E-state index in [2.05, 4.69) is 21.7 Å². The third-order valence-corrected chi connectivity index (χ3v) is 7.46. The van der Waals surface area contributed by atoms with Crippen molar-refractivity contribution in [1.82, 2.24) is 15.1 Å². The van der Waals surface area contributed by atoms with E-state index in [1.54, 1.807) is 4.90 Å². The minimum atomic E-state index is -4.40. The van der Waals surface area contributed by atoms with E-state index in [-0.39, 0.29) is 36.2 Å². The average molecular weight is 606 g/mol. The Balaban J connectivity index is 1.41. The van der Waals surface area contributed by atoms with Gasteiger partial charge in [0.15, 0.2) is 0 Å². The van der Waals surface area contributed by atoms with Crippen molar-refractivity contribution < 1.29 is 36.1 Å². The predicted molar refractivity (Wildman–Crippen MR) is 146 cm³/mol. The summed E-state index contributed by atoms with van der Waals surface area (Å²) in [6.07, 6.45) is -6.65. The number of carbonyl (C=O) groups is 1. The molecule has 1 aromatic rings. The lowest BCUT2D eigenvalue weighted by molar-refractivity contribution is -0.427. The van der Waals surface area contributed by atoms with Gasteiger partial charge in [-0.1, -0.05) is 6.08 Å². The first-order valence-electron chi connectivity index (χ1n) is 14.0. The number of likely N-dealkylation sites (tertiary alicyclic amines) is 1. The minimum absolute atomic E-state index is 0.0203. The molecule has 0 bridgehead atoms. The summed E-state index contributed by atoms with van der Waals surface area (Å²) in [6, 6.07) is 4.92. The molecule has 3 rings (SSSR count). The van der Waals surface area contributed by atoms with Crippen LogP contribution in [0.4, 0.5) is 32.0 Å². The second-order valence-electron chi connectivity index (χ2n) is 10.7. The zero-order valence-electron chi connectivity index (χ0n) is 23.4. The molecule has 0 spiro atoms. The third-order valence-electron chi connectivity index (χ3n) is 7.46. The monoisotopic (exact) mass is 605 g/mol. The number of nitro groups is 1. The molecule has 1 amide bonds. The number of rotatable bonds is 12. The average Bonchev–Trinajstić information content (AvgIpc) is 3.26. The lowest BCUT2D eigenvalue weighted by Crippen LogP contribution is -2.35. The Hall–Kier alpha value is -3.29. The van der Waals surface area contributed by atoms with Gasteiger partial charge in [-0.25, -0.2) is 0 Å². The summed E-state index contributed by atoms with van der Waals surface area (Å²) in [5, 5.41) is 13.9. The van der Waals surface area contributed by atoms with Gasteiger partial charge in [-0.15, -0.1) is 0 Å². The number of nitrogens with one attached hydrogen (secondary N) is 1. The maximum atomic E-state index is 12.9. The van der Waals surface area contributed by atoms with Crippen LogP contribution in [-0.2, 0) is 11.0 Å². The van der Waals surface area contributed by atoms with E-state index < -0.39 is 29.3 Å². The number of allylic oxidation sites excluding steroid dienone is 3. The molecule has 2 saturated heterocycles. The molecule has 14 heteroatoms. The van der Waals surface area contributed by atoms with Crippen LogP contribution < -0.4 is 10.2 Å². The van der Waals surface area contributed by atoms with Crippen LogP contribution in [-0.4, -0.2) is 78.7 Å².